The Hall–Kier alpha value is -1.72. The van der Waals surface area contributed by atoms with Gasteiger partial charge in [-0.1, -0.05) is 26.8 Å². The molecule has 37 heavy (non-hydrogen) atoms. The second-order valence-electron chi connectivity index (χ2n) is 13.6. The number of hydrogen-bond acceptors (Lipinski definition) is 5. The maximum absolute atomic E-state index is 11.8. The molecule has 10 atom stereocenters. The third-order valence-corrected chi connectivity index (χ3v) is 12.2. The minimum atomic E-state index is -0.222. The Labute approximate surface area is 222 Å². The van der Waals surface area contributed by atoms with Crippen LogP contribution in [0.15, 0.2) is 24.4 Å². The quantitative estimate of drug-likeness (QED) is 0.505. The molecule has 0 radical (unpaired) electrons. The normalized spacial score (nSPS) is 42.1. The molecule has 4 aliphatic rings. The van der Waals surface area contributed by atoms with Crippen molar-refractivity contribution < 1.29 is 14.9 Å². The number of aryl methyl sites for hydroxylation is 1. The molecule has 0 bridgehead atoms. The fraction of sp³-hybridized carbons (Fsp3) is 0.750. The average molecular weight is 507 g/mol. The van der Waals surface area contributed by atoms with Gasteiger partial charge in [-0.05, 0) is 116 Å². The Kier molecular flexibility index (Phi) is 6.55. The molecule has 6 rings (SSSR count). The topological polar surface area (TPSA) is 75.5 Å². The lowest BCUT2D eigenvalue weighted by Gasteiger charge is -2.62. The van der Waals surface area contributed by atoms with Crippen molar-refractivity contribution in [3.8, 4) is 5.75 Å². The number of aromatic nitrogens is 2. The van der Waals surface area contributed by atoms with Gasteiger partial charge in [0.15, 0.2) is 0 Å². The van der Waals surface area contributed by atoms with E-state index >= 15 is 0 Å². The van der Waals surface area contributed by atoms with Crippen LogP contribution in [0.25, 0.3) is 10.9 Å². The lowest BCUT2D eigenvalue weighted by molar-refractivity contribution is -0.174. The molecule has 4 aliphatic carbocycles. The molecule has 0 spiro atoms. The van der Waals surface area contributed by atoms with E-state index in [1.807, 2.05) is 24.4 Å². The van der Waals surface area contributed by atoms with Crippen LogP contribution >= 0.6 is 0 Å². The molecule has 4 fully saturated rings. The van der Waals surface area contributed by atoms with Gasteiger partial charge in [-0.25, -0.2) is 9.97 Å². The van der Waals surface area contributed by atoms with Gasteiger partial charge in [-0.3, -0.25) is 0 Å². The summed E-state index contributed by atoms with van der Waals surface area (Å²) in [6.07, 6.45) is 12.6. The molecule has 202 valence electrons. The summed E-state index contributed by atoms with van der Waals surface area (Å²) >= 11 is 0. The molecule has 1 aromatic heterocycles. The largest absolute Gasteiger partial charge is 0.496 e. The van der Waals surface area contributed by atoms with E-state index < -0.39 is 0 Å². The Morgan fingerprint density at radius 3 is 2.70 bits per heavy atom. The van der Waals surface area contributed by atoms with E-state index in [-0.39, 0.29) is 17.6 Å². The highest BCUT2D eigenvalue weighted by Gasteiger charge is 2.63. The van der Waals surface area contributed by atoms with Crippen LogP contribution in [0.3, 0.4) is 0 Å². The molecular weight excluding hydrogens is 460 g/mol. The van der Waals surface area contributed by atoms with Crippen LogP contribution in [0.4, 0.5) is 0 Å². The molecule has 0 aliphatic heterocycles. The molecule has 1 heterocycles. The monoisotopic (exact) mass is 506 g/mol. The van der Waals surface area contributed by atoms with Crippen LogP contribution in [0.1, 0.15) is 84.4 Å². The Morgan fingerprint density at radius 2 is 1.89 bits per heavy atom. The van der Waals surface area contributed by atoms with Crippen molar-refractivity contribution in [1.29, 1.82) is 0 Å². The van der Waals surface area contributed by atoms with Crippen molar-refractivity contribution in [3.05, 3.63) is 30.2 Å². The molecule has 4 saturated carbocycles. The summed E-state index contributed by atoms with van der Waals surface area (Å²) in [4.78, 5) is 9.52. The summed E-state index contributed by atoms with van der Waals surface area (Å²) in [6.45, 7) is 7.34. The zero-order valence-electron chi connectivity index (χ0n) is 23.2. The van der Waals surface area contributed by atoms with Gasteiger partial charge in [-0.2, -0.15) is 0 Å². The molecule has 0 saturated heterocycles. The van der Waals surface area contributed by atoms with E-state index in [0.717, 1.165) is 66.9 Å². The number of ether oxygens (including phenoxy) is 1. The molecule has 2 aromatic rings. The van der Waals surface area contributed by atoms with E-state index in [1.54, 1.807) is 7.11 Å². The number of nitrogens with zero attached hydrogens (tertiary/aromatic N) is 2. The number of methoxy groups -OCH3 is 1. The van der Waals surface area contributed by atoms with Crippen molar-refractivity contribution in [1.82, 2.24) is 9.97 Å². The van der Waals surface area contributed by atoms with Gasteiger partial charge in [0, 0.05) is 12.6 Å². The predicted molar refractivity (Wildman–Crippen MR) is 146 cm³/mol. The predicted octanol–water partition coefficient (Wildman–Crippen LogP) is 6.20. The van der Waals surface area contributed by atoms with Crippen LogP contribution in [0.5, 0.6) is 5.75 Å². The first-order chi connectivity index (χ1) is 17.8. The maximum Gasteiger partial charge on any atom is 0.129 e. The Morgan fingerprint density at radius 1 is 1.05 bits per heavy atom. The zero-order chi connectivity index (χ0) is 25.9. The van der Waals surface area contributed by atoms with E-state index in [2.05, 4.69) is 25.8 Å². The summed E-state index contributed by atoms with van der Waals surface area (Å²) in [5.74, 6) is 5.41. The number of aliphatic hydroxyl groups is 2. The summed E-state index contributed by atoms with van der Waals surface area (Å²) in [5, 5.41) is 23.1. The molecule has 1 aromatic carbocycles. The minimum absolute atomic E-state index is 0.00949. The van der Waals surface area contributed by atoms with Crippen LogP contribution in [0.2, 0.25) is 0 Å². The zero-order valence-corrected chi connectivity index (χ0v) is 23.2. The fourth-order valence-electron chi connectivity index (χ4n) is 10.1. The molecule has 5 nitrogen and oxygen atoms in total. The summed E-state index contributed by atoms with van der Waals surface area (Å²) < 4.78 is 5.47. The first-order valence-corrected chi connectivity index (χ1v) is 14.9. The Bertz CT molecular complexity index is 1140. The first kappa shape index (κ1) is 25.6. The van der Waals surface area contributed by atoms with Gasteiger partial charge >= 0.3 is 0 Å². The van der Waals surface area contributed by atoms with Crippen molar-refractivity contribution in [3.63, 3.8) is 0 Å². The number of benzene rings is 1. The van der Waals surface area contributed by atoms with Gasteiger partial charge in [0.1, 0.15) is 11.6 Å². The number of fused-ring (bicyclic) bond motifs is 6. The molecule has 2 N–H and O–H groups in total. The lowest BCUT2D eigenvalue weighted by atomic mass is 9.43. The third-order valence-electron chi connectivity index (χ3n) is 12.2. The molecular formula is C32H46N2O3. The van der Waals surface area contributed by atoms with Gasteiger partial charge < -0.3 is 14.9 Å². The smallest absolute Gasteiger partial charge is 0.129 e. The van der Waals surface area contributed by atoms with Crippen LogP contribution in [-0.4, -0.2) is 39.5 Å². The summed E-state index contributed by atoms with van der Waals surface area (Å²) in [6, 6.07) is 5.97. The van der Waals surface area contributed by atoms with Gasteiger partial charge in [0.05, 0.1) is 30.2 Å². The van der Waals surface area contributed by atoms with Gasteiger partial charge in [-0.15, -0.1) is 0 Å². The van der Waals surface area contributed by atoms with E-state index in [1.165, 1.54) is 25.7 Å². The van der Waals surface area contributed by atoms with Crippen LogP contribution in [-0.2, 0) is 6.42 Å². The average Bonchev–Trinajstić information content (AvgIpc) is 3.26. The van der Waals surface area contributed by atoms with Gasteiger partial charge in [0.2, 0.25) is 0 Å². The highest BCUT2D eigenvalue weighted by molar-refractivity contribution is 5.84. The van der Waals surface area contributed by atoms with E-state index in [4.69, 9.17) is 9.72 Å². The number of hydrogen-bond donors (Lipinski definition) is 2. The van der Waals surface area contributed by atoms with Crippen molar-refractivity contribution >= 4 is 10.9 Å². The third kappa shape index (κ3) is 4.02. The summed E-state index contributed by atoms with van der Waals surface area (Å²) in [7, 11) is 1.69. The second-order valence-corrected chi connectivity index (χ2v) is 13.6. The minimum Gasteiger partial charge on any atom is -0.496 e. The van der Waals surface area contributed by atoms with Crippen molar-refractivity contribution in [2.75, 3.05) is 7.11 Å². The van der Waals surface area contributed by atoms with E-state index in [9.17, 15) is 10.2 Å². The molecule has 0 amide bonds. The fourth-order valence-corrected chi connectivity index (χ4v) is 10.1. The first-order valence-electron chi connectivity index (χ1n) is 14.9. The standard InChI is InChI=1S/C32H46N2O3/c1-19(8-13-30-33-18-23-27(34-30)6-5-7-28(23)37-4)24-11-12-25-22-10-9-20-16-21(35)14-15-31(20,2)26(22)17-29(36)32(24,25)3/h5-7,18-22,24-26,29,35-36H,8-17H2,1-4H3/t19-,20-,21-,22+,24-,25+,26?,29+,31+,32-/m1/s1. The lowest BCUT2D eigenvalue weighted by Crippen LogP contribution is -2.58. The Balaban J connectivity index is 1.17. The highest BCUT2D eigenvalue weighted by Crippen LogP contribution is 2.68. The molecule has 1 unspecified atom stereocenters. The van der Waals surface area contributed by atoms with Gasteiger partial charge in [0.25, 0.3) is 0 Å². The number of rotatable bonds is 5. The van der Waals surface area contributed by atoms with Crippen LogP contribution in [0, 0.1) is 46.3 Å². The summed E-state index contributed by atoms with van der Waals surface area (Å²) in [5.41, 5.74) is 1.25. The van der Waals surface area contributed by atoms with Crippen LogP contribution < -0.4 is 4.74 Å². The highest BCUT2D eigenvalue weighted by atomic mass is 16.5. The number of aliphatic hydroxyl groups excluding tert-OH is 2. The second kappa shape index (κ2) is 9.48. The van der Waals surface area contributed by atoms with Crippen molar-refractivity contribution in [2.45, 2.75) is 97.2 Å². The van der Waals surface area contributed by atoms with Crippen molar-refractivity contribution in [2.24, 2.45) is 46.3 Å². The molecule has 5 heteroatoms. The SMILES string of the molecule is COc1cccc2nc(CC[C@@H](C)[C@H]3CC[C@H]4[C@@H]5CC[C@@H]6C[C@H](O)CC[C@]6(C)C5C[C@H](O)[C@]34C)ncc12. The van der Waals surface area contributed by atoms with E-state index in [0.29, 0.717) is 35.0 Å². The maximum atomic E-state index is 11.8.